The van der Waals surface area contributed by atoms with Crippen molar-refractivity contribution in [1.29, 1.82) is 0 Å². The number of hydrogen-bond acceptors (Lipinski definition) is 5. The minimum atomic E-state index is -4.22. The Morgan fingerprint density at radius 2 is 1.66 bits per heavy atom. The average Bonchev–Trinajstić information content (AvgIpc) is 2.61. The van der Waals surface area contributed by atoms with Crippen molar-refractivity contribution in [2.45, 2.75) is 23.6 Å². The summed E-state index contributed by atoms with van der Waals surface area (Å²) in [5.74, 6) is -2.89. The maximum absolute atomic E-state index is 14.2. The number of rotatable bonds is 7. The van der Waals surface area contributed by atoms with Crippen LogP contribution in [0.1, 0.15) is 24.2 Å². The van der Waals surface area contributed by atoms with Gasteiger partial charge < -0.3 is 5.32 Å². The zero-order valence-electron chi connectivity index (χ0n) is 15.5. The lowest BCUT2D eigenvalue weighted by atomic mass is 10.2. The van der Waals surface area contributed by atoms with E-state index in [-0.39, 0.29) is 24.3 Å². The van der Waals surface area contributed by atoms with Crippen molar-refractivity contribution in [2.24, 2.45) is 5.14 Å². The second-order valence-electron chi connectivity index (χ2n) is 5.91. The molecule has 0 aromatic heterocycles. The Kier molecular flexibility index (Phi) is 6.73. The number of nitrogens with zero attached hydrogens (tertiary/aromatic N) is 1. The summed E-state index contributed by atoms with van der Waals surface area (Å²) in [6.07, 6.45) is 0. The normalized spacial score (nSPS) is 12.2. The number of benzene rings is 2. The van der Waals surface area contributed by atoms with Gasteiger partial charge in [-0.25, -0.2) is 30.8 Å². The zero-order valence-corrected chi connectivity index (χ0v) is 17.1. The van der Waals surface area contributed by atoms with Crippen LogP contribution in [0.15, 0.2) is 46.2 Å². The van der Waals surface area contributed by atoms with Crippen LogP contribution in [0.25, 0.3) is 0 Å². The van der Waals surface area contributed by atoms with Gasteiger partial charge in [-0.2, -0.15) is 4.31 Å². The highest BCUT2D eigenvalue weighted by Crippen LogP contribution is 2.22. The predicted octanol–water partition coefficient (Wildman–Crippen LogP) is 1.90. The van der Waals surface area contributed by atoms with Crippen LogP contribution >= 0.6 is 0 Å². The van der Waals surface area contributed by atoms with Crippen molar-refractivity contribution >= 4 is 31.6 Å². The van der Waals surface area contributed by atoms with Gasteiger partial charge in [0.25, 0.3) is 5.91 Å². The van der Waals surface area contributed by atoms with Gasteiger partial charge in [-0.15, -0.1) is 0 Å². The van der Waals surface area contributed by atoms with E-state index in [0.717, 1.165) is 34.6 Å². The molecule has 0 aliphatic heterocycles. The lowest BCUT2D eigenvalue weighted by Crippen LogP contribution is -2.31. The molecule has 29 heavy (non-hydrogen) atoms. The predicted molar refractivity (Wildman–Crippen MR) is 102 cm³/mol. The molecule has 1 amide bonds. The fourth-order valence-corrected chi connectivity index (χ4v) is 4.66. The number of nitrogens with two attached hydrogens (primary N) is 1. The fourth-order valence-electron chi connectivity index (χ4n) is 2.55. The van der Waals surface area contributed by atoms with E-state index in [9.17, 15) is 30.4 Å². The Morgan fingerprint density at radius 3 is 2.21 bits per heavy atom. The number of carbonyl (C=O) groups excluding carboxylic acids is 1. The van der Waals surface area contributed by atoms with Crippen molar-refractivity contribution in [3.8, 4) is 0 Å². The minimum absolute atomic E-state index is 0.105. The molecule has 8 nitrogen and oxygen atoms in total. The van der Waals surface area contributed by atoms with Gasteiger partial charge in [-0.1, -0.05) is 13.8 Å². The van der Waals surface area contributed by atoms with Crippen molar-refractivity contribution in [2.75, 3.05) is 18.4 Å². The second-order valence-corrected chi connectivity index (χ2v) is 9.38. The van der Waals surface area contributed by atoms with Gasteiger partial charge in [-0.3, -0.25) is 4.79 Å². The van der Waals surface area contributed by atoms with Crippen LogP contribution in [-0.4, -0.2) is 40.1 Å². The maximum Gasteiger partial charge on any atom is 0.255 e. The van der Waals surface area contributed by atoms with Gasteiger partial charge >= 0.3 is 0 Å². The van der Waals surface area contributed by atoms with E-state index >= 15 is 0 Å². The van der Waals surface area contributed by atoms with Crippen LogP contribution in [0.4, 0.5) is 14.5 Å². The van der Waals surface area contributed by atoms with Gasteiger partial charge in [0.15, 0.2) is 0 Å². The van der Waals surface area contributed by atoms with Crippen LogP contribution in [-0.2, 0) is 20.0 Å². The summed E-state index contributed by atoms with van der Waals surface area (Å²) in [7, 11) is -8.39. The molecule has 0 heterocycles. The van der Waals surface area contributed by atoms with Gasteiger partial charge in [0, 0.05) is 24.3 Å². The Balaban J connectivity index is 2.42. The first-order chi connectivity index (χ1) is 13.4. The number of halogens is 2. The van der Waals surface area contributed by atoms with E-state index in [1.54, 1.807) is 13.8 Å². The molecule has 0 unspecified atom stereocenters. The van der Waals surface area contributed by atoms with Crippen LogP contribution in [0.3, 0.4) is 0 Å². The molecule has 3 N–H and O–H groups in total. The van der Waals surface area contributed by atoms with Crippen molar-refractivity contribution in [3.63, 3.8) is 0 Å². The van der Waals surface area contributed by atoms with Crippen molar-refractivity contribution in [1.82, 2.24) is 4.31 Å². The second kappa shape index (κ2) is 8.53. The number of primary sulfonamides is 1. The SMILES string of the molecule is CCN(CC)S(=O)(=O)c1cc(C(=O)Nc2cc(F)cc(S(N)(=O)=O)c2)ccc1F. The highest BCUT2D eigenvalue weighted by atomic mass is 32.2. The average molecular weight is 447 g/mol. The lowest BCUT2D eigenvalue weighted by Gasteiger charge is -2.19. The van der Waals surface area contributed by atoms with Crippen LogP contribution in [0, 0.1) is 11.6 Å². The largest absolute Gasteiger partial charge is 0.322 e. The van der Waals surface area contributed by atoms with E-state index < -0.39 is 47.4 Å². The smallest absolute Gasteiger partial charge is 0.255 e. The van der Waals surface area contributed by atoms with Gasteiger partial charge in [0.05, 0.1) is 4.90 Å². The highest BCUT2D eigenvalue weighted by molar-refractivity contribution is 7.89. The van der Waals surface area contributed by atoms with E-state index in [1.165, 1.54) is 0 Å². The standard InChI is InChI=1S/C17H19F2N3O5S2/c1-3-22(4-2)29(26,27)16-7-11(5-6-15(16)19)17(23)21-13-8-12(18)9-14(10-13)28(20,24)25/h5-10H,3-4H2,1-2H3,(H,21,23)(H2,20,24,25). The Morgan fingerprint density at radius 1 is 1.03 bits per heavy atom. The molecule has 0 saturated carbocycles. The van der Waals surface area contributed by atoms with Crippen molar-refractivity contribution in [3.05, 3.63) is 53.6 Å². The quantitative estimate of drug-likeness (QED) is 0.670. The van der Waals surface area contributed by atoms with Crippen molar-refractivity contribution < 1.29 is 30.4 Å². The summed E-state index contributed by atoms with van der Waals surface area (Å²) in [6.45, 7) is 3.38. The number of amides is 1. The van der Waals surface area contributed by atoms with E-state index in [2.05, 4.69) is 5.32 Å². The van der Waals surface area contributed by atoms with Crippen LogP contribution in [0.2, 0.25) is 0 Å². The first-order valence-corrected chi connectivity index (χ1v) is 11.3. The fraction of sp³-hybridized carbons (Fsp3) is 0.235. The molecule has 0 aliphatic rings. The summed E-state index contributed by atoms with van der Waals surface area (Å²) < 4.78 is 76.8. The van der Waals surface area contributed by atoms with E-state index in [0.29, 0.717) is 6.07 Å². The molecule has 2 rings (SSSR count). The maximum atomic E-state index is 14.2. The summed E-state index contributed by atoms with van der Waals surface area (Å²) in [6, 6.07) is 5.20. The van der Waals surface area contributed by atoms with E-state index in [4.69, 9.17) is 5.14 Å². The van der Waals surface area contributed by atoms with Gasteiger partial charge in [0.1, 0.15) is 16.5 Å². The first-order valence-electron chi connectivity index (χ1n) is 8.34. The molecular weight excluding hydrogens is 428 g/mol. The summed E-state index contributed by atoms with van der Waals surface area (Å²) in [4.78, 5) is 11.2. The molecule has 12 heteroatoms. The molecule has 2 aromatic rings. The number of nitrogens with one attached hydrogen (secondary N) is 1. The summed E-state index contributed by atoms with van der Waals surface area (Å²) in [5.41, 5.74) is -0.449. The molecule has 158 valence electrons. The molecule has 0 bridgehead atoms. The molecule has 2 aromatic carbocycles. The Labute approximate surface area is 167 Å². The number of anilines is 1. The molecule has 0 spiro atoms. The molecule has 0 saturated heterocycles. The number of carbonyl (C=O) groups is 1. The Hall–Kier alpha value is -2.41. The third-order valence-electron chi connectivity index (χ3n) is 3.97. The zero-order chi connectivity index (χ0) is 22.0. The van der Waals surface area contributed by atoms with Crippen LogP contribution in [0.5, 0.6) is 0 Å². The first kappa shape index (κ1) is 22.9. The molecule has 0 atom stereocenters. The molecule has 0 fully saturated rings. The lowest BCUT2D eigenvalue weighted by molar-refractivity contribution is 0.102. The third-order valence-corrected chi connectivity index (χ3v) is 6.93. The Bertz CT molecular complexity index is 1150. The van der Waals surface area contributed by atoms with E-state index in [1.807, 2.05) is 0 Å². The highest BCUT2D eigenvalue weighted by Gasteiger charge is 2.26. The molecule has 0 aliphatic carbocycles. The van der Waals surface area contributed by atoms with Gasteiger partial charge in [-0.05, 0) is 36.4 Å². The topological polar surface area (TPSA) is 127 Å². The third kappa shape index (κ3) is 5.15. The number of sulfonamides is 2. The number of hydrogen-bond donors (Lipinski definition) is 2. The minimum Gasteiger partial charge on any atom is -0.322 e. The summed E-state index contributed by atoms with van der Waals surface area (Å²) >= 11 is 0. The molecular formula is C17H19F2N3O5S2. The van der Waals surface area contributed by atoms with Crippen LogP contribution < -0.4 is 10.5 Å². The monoisotopic (exact) mass is 447 g/mol. The molecule has 0 radical (unpaired) electrons. The van der Waals surface area contributed by atoms with Gasteiger partial charge in [0.2, 0.25) is 20.0 Å². The summed E-state index contributed by atoms with van der Waals surface area (Å²) in [5, 5.41) is 7.19.